The van der Waals surface area contributed by atoms with Crippen LogP contribution in [0.3, 0.4) is 0 Å². The number of carbonyl (C=O) groups is 1. The molecule has 0 amide bonds. The van der Waals surface area contributed by atoms with Crippen LogP contribution in [0.2, 0.25) is 0 Å². The molecule has 1 unspecified atom stereocenters. The van der Waals surface area contributed by atoms with Gasteiger partial charge in [-0.15, -0.1) is 0 Å². The maximum atomic E-state index is 12.5. The van der Waals surface area contributed by atoms with Crippen LogP contribution >= 0.6 is 0 Å². The van der Waals surface area contributed by atoms with Gasteiger partial charge >= 0.3 is 16.1 Å². The van der Waals surface area contributed by atoms with Crippen molar-refractivity contribution in [1.29, 1.82) is 0 Å². The molecule has 0 radical (unpaired) electrons. The van der Waals surface area contributed by atoms with Crippen LogP contribution in [0.25, 0.3) is 0 Å². The highest BCUT2D eigenvalue weighted by atomic mass is 32.2. The van der Waals surface area contributed by atoms with E-state index in [0.717, 1.165) is 5.56 Å². The van der Waals surface area contributed by atoms with E-state index in [9.17, 15) is 13.2 Å². The molecule has 0 aliphatic carbocycles. The molecule has 1 atom stereocenters. The number of hydrogen-bond acceptors (Lipinski definition) is 6. The number of rotatable bonds is 9. The van der Waals surface area contributed by atoms with Crippen molar-refractivity contribution in [2.24, 2.45) is 5.73 Å². The smallest absolute Gasteiger partial charge is 0.339 e. The van der Waals surface area contributed by atoms with Crippen molar-refractivity contribution in [1.82, 2.24) is 0 Å². The normalized spacial score (nSPS) is 13.4. The van der Waals surface area contributed by atoms with Crippen molar-refractivity contribution in [2.45, 2.75) is 43.2 Å². The molecule has 0 aliphatic heterocycles. The van der Waals surface area contributed by atoms with Gasteiger partial charge in [-0.3, -0.25) is 4.79 Å². The third kappa shape index (κ3) is 6.18. The fourth-order valence-corrected chi connectivity index (χ4v) is 4.34. The van der Waals surface area contributed by atoms with Crippen LogP contribution in [-0.2, 0) is 31.6 Å². The molecule has 2 N–H and O–H groups in total. The lowest BCUT2D eigenvalue weighted by Crippen LogP contribution is -2.42. The summed E-state index contributed by atoms with van der Waals surface area (Å²) in [6.07, 6.45) is 0.133. The number of hydrogen-bond donors (Lipinski definition) is 1. The summed E-state index contributed by atoms with van der Waals surface area (Å²) in [5.74, 6) is -0.241. The van der Waals surface area contributed by atoms with Crippen molar-refractivity contribution < 1.29 is 22.1 Å². The second-order valence-electron chi connectivity index (χ2n) is 7.91. The van der Waals surface area contributed by atoms with Gasteiger partial charge in [-0.1, -0.05) is 60.7 Å². The zero-order valence-corrected chi connectivity index (χ0v) is 18.9. The Bertz CT molecular complexity index is 1130. The van der Waals surface area contributed by atoms with Crippen molar-refractivity contribution in [2.75, 3.05) is 0 Å². The lowest BCUT2D eigenvalue weighted by atomic mass is 9.82. The van der Waals surface area contributed by atoms with Crippen molar-refractivity contribution in [3.05, 3.63) is 96.1 Å². The summed E-state index contributed by atoms with van der Waals surface area (Å²) < 4.78 is 35.5. The van der Waals surface area contributed by atoms with Crippen LogP contribution < -0.4 is 9.92 Å². The van der Waals surface area contributed by atoms with Gasteiger partial charge in [-0.25, -0.2) is 0 Å². The predicted octanol–water partition coefficient (Wildman–Crippen LogP) is 4.19. The molecule has 0 spiro atoms. The van der Waals surface area contributed by atoms with Crippen LogP contribution in [0, 0.1) is 0 Å². The lowest BCUT2D eigenvalue weighted by molar-refractivity contribution is -0.148. The zero-order chi connectivity index (χ0) is 23.2. The molecule has 3 rings (SSSR count). The van der Waals surface area contributed by atoms with E-state index in [2.05, 4.69) is 0 Å². The summed E-state index contributed by atoms with van der Waals surface area (Å²) in [6.45, 7) is 3.57. The first-order valence-electron chi connectivity index (χ1n) is 10.3. The highest BCUT2D eigenvalue weighted by Gasteiger charge is 2.32. The minimum Gasteiger partial charge on any atom is -0.463 e. The molecule has 0 fully saturated rings. The van der Waals surface area contributed by atoms with E-state index in [1.165, 1.54) is 24.3 Å². The Kier molecular flexibility index (Phi) is 7.33. The summed E-state index contributed by atoms with van der Waals surface area (Å²) in [6, 6.07) is 24.0. The quantitative estimate of drug-likeness (QED) is 0.385. The molecular weight excluding hydrogens is 426 g/mol. The molecule has 0 aliphatic rings. The van der Waals surface area contributed by atoms with Gasteiger partial charge in [0.25, 0.3) is 0 Å². The Labute approximate surface area is 189 Å². The summed E-state index contributed by atoms with van der Waals surface area (Å²) >= 11 is 0. The van der Waals surface area contributed by atoms with Gasteiger partial charge < -0.3 is 14.7 Å². The number of nitrogens with two attached hydrogens (primary N) is 1. The Balaban J connectivity index is 1.85. The van der Waals surface area contributed by atoms with Gasteiger partial charge in [0.05, 0.1) is 18.1 Å². The molecule has 0 aromatic heterocycles. The molecular formula is C25H27NO5S. The fraction of sp³-hybridized carbons (Fsp3) is 0.240. The molecule has 168 valence electrons. The first-order chi connectivity index (χ1) is 15.2. The molecule has 6 nitrogen and oxygen atoms in total. The third-order valence-corrected chi connectivity index (χ3v) is 6.12. The molecule has 7 heteroatoms. The van der Waals surface area contributed by atoms with Crippen LogP contribution in [0.5, 0.6) is 5.75 Å². The molecule has 32 heavy (non-hydrogen) atoms. The first-order valence-corrected chi connectivity index (χ1v) is 11.7. The van der Waals surface area contributed by atoms with E-state index >= 15 is 0 Å². The Hall–Kier alpha value is -3.16. The summed E-state index contributed by atoms with van der Waals surface area (Å²) in [7, 11) is -3.95. The maximum Gasteiger partial charge on any atom is 0.339 e. The van der Waals surface area contributed by atoms with Crippen molar-refractivity contribution >= 4 is 16.1 Å². The van der Waals surface area contributed by atoms with E-state index < -0.39 is 21.6 Å². The van der Waals surface area contributed by atoms with E-state index in [4.69, 9.17) is 14.7 Å². The van der Waals surface area contributed by atoms with Gasteiger partial charge in [0.2, 0.25) is 0 Å². The Morgan fingerprint density at radius 3 is 2.03 bits per heavy atom. The van der Waals surface area contributed by atoms with Gasteiger partial charge in [0.1, 0.15) is 10.6 Å². The largest absolute Gasteiger partial charge is 0.463 e. The third-order valence-electron chi connectivity index (χ3n) is 4.86. The predicted molar refractivity (Wildman–Crippen MR) is 123 cm³/mol. The number of ether oxygens (including phenoxy) is 1. The monoisotopic (exact) mass is 453 g/mol. The minimum absolute atomic E-state index is 0.0252. The maximum absolute atomic E-state index is 12.5. The summed E-state index contributed by atoms with van der Waals surface area (Å²) in [5.41, 5.74) is 7.34. The molecule has 3 aromatic carbocycles. The molecule has 3 aromatic rings. The zero-order valence-electron chi connectivity index (χ0n) is 18.1. The molecule has 0 saturated heterocycles. The number of benzene rings is 3. The SMILES string of the molecule is CC(C)OC(=O)CC(N)(Cc1ccccc1)c1ccc(OS(=O)(=O)c2ccccc2)cc1. The van der Waals surface area contributed by atoms with E-state index in [0.29, 0.717) is 12.0 Å². The second-order valence-corrected chi connectivity index (χ2v) is 9.46. The second kappa shape index (κ2) is 9.97. The highest BCUT2D eigenvalue weighted by molar-refractivity contribution is 7.87. The summed E-state index contributed by atoms with van der Waals surface area (Å²) in [5, 5.41) is 0. The minimum atomic E-state index is -3.95. The van der Waals surface area contributed by atoms with Crippen LogP contribution in [-0.4, -0.2) is 20.5 Å². The first kappa shape index (κ1) is 23.5. The van der Waals surface area contributed by atoms with Crippen molar-refractivity contribution in [3.8, 4) is 5.75 Å². The standard InChI is InChI=1S/C25H27NO5S/c1-19(2)30-24(27)18-25(26,17-20-9-5-3-6-10-20)21-13-15-22(16-14-21)31-32(28,29)23-11-7-4-8-12-23/h3-16,19H,17-18,26H2,1-2H3. The molecule has 0 bridgehead atoms. The highest BCUT2D eigenvalue weighted by Crippen LogP contribution is 2.30. The number of esters is 1. The lowest BCUT2D eigenvalue weighted by Gasteiger charge is -2.30. The molecule has 0 heterocycles. The fourth-order valence-electron chi connectivity index (χ4n) is 3.39. The van der Waals surface area contributed by atoms with E-state index in [1.807, 2.05) is 30.3 Å². The Morgan fingerprint density at radius 2 is 1.47 bits per heavy atom. The average Bonchev–Trinajstić information content (AvgIpc) is 2.74. The van der Waals surface area contributed by atoms with Crippen LogP contribution in [0.15, 0.2) is 89.8 Å². The topological polar surface area (TPSA) is 95.7 Å². The van der Waals surface area contributed by atoms with E-state index in [1.54, 1.807) is 44.2 Å². The Morgan fingerprint density at radius 1 is 0.906 bits per heavy atom. The van der Waals surface area contributed by atoms with Gasteiger partial charge in [-0.2, -0.15) is 8.42 Å². The number of carbonyl (C=O) groups excluding carboxylic acids is 1. The summed E-state index contributed by atoms with van der Waals surface area (Å²) in [4.78, 5) is 12.5. The van der Waals surface area contributed by atoms with Crippen molar-refractivity contribution in [3.63, 3.8) is 0 Å². The van der Waals surface area contributed by atoms with E-state index in [-0.39, 0.29) is 23.2 Å². The van der Waals surface area contributed by atoms with Crippen LogP contribution in [0.4, 0.5) is 0 Å². The van der Waals surface area contributed by atoms with Gasteiger partial charge in [-0.05, 0) is 55.7 Å². The van der Waals surface area contributed by atoms with Gasteiger partial charge in [0.15, 0.2) is 0 Å². The average molecular weight is 454 g/mol. The molecule has 0 saturated carbocycles. The van der Waals surface area contributed by atoms with Gasteiger partial charge in [0, 0.05) is 0 Å². The van der Waals surface area contributed by atoms with Crippen LogP contribution in [0.1, 0.15) is 31.4 Å².